The second-order valence-electron chi connectivity index (χ2n) is 9.67. The SMILES string of the molecule is O=c1c2ccccc2c2cccc3c2n1-c1ccc2c4ccccc4n4c2c1B3c1ccccc1-4. The lowest BCUT2D eigenvalue weighted by Crippen LogP contribution is -2.60. The Balaban J connectivity index is 1.62. The summed E-state index contributed by atoms with van der Waals surface area (Å²) in [5, 5.41) is 5.40. The van der Waals surface area contributed by atoms with E-state index >= 15 is 0 Å². The van der Waals surface area contributed by atoms with Crippen molar-refractivity contribution in [3.05, 3.63) is 113 Å². The van der Waals surface area contributed by atoms with Gasteiger partial charge in [0.05, 0.1) is 16.6 Å². The van der Waals surface area contributed by atoms with Gasteiger partial charge in [-0.15, -0.1) is 0 Å². The predicted molar refractivity (Wildman–Crippen MR) is 146 cm³/mol. The number of nitrogens with zero attached hydrogens (tertiary/aromatic N) is 2. The Morgan fingerprint density at radius 2 is 1.17 bits per heavy atom. The Morgan fingerprint density at radius 1 is 0.486 bits per heavy atom. The van der Waals surface area contributed by atoms with Crippen molar-refractivity contribution >= 4 is 66.6 Å². The Labute approximate surface area is 200 Å². The highest BCUT2D eigenvalue weighted by Gasteiger charge is 2.40. The lowest BCUT2D eigenvalue weighted by atomic mass is 9.34. The zero-order valence-electron chi connectivity index (χ0n) is 18.7. The summed E-state index contributed by atoms with van der Waals surface area (Å²) in [4.78, 5) is 14.0. The molecule has 5 aromatic carbocycles. The van der Waals surface area contributed by atoms with Crippen molar-refractivity contribution in [1.82, 2.24) is 9.13 Å². The molecule has 0 N–H and O–H groups in total. The standard InChI is InChI=1S/C31H17BN2O/c35-31-22-10-2-1-8-18(22)20-11-7-13-24-29(20)34(31)27-17-16-21-19-9-3-5-14-25(19)33-26-15-6-4-12-23(26)32(24)28(27)30(21)33/h1-17H. The molecule has 0 bridgehead atoms. The van der Waals surface area contributed by atoms with Crippen LogP contribution in [0.3, 0.4) is 0 Å². The number of pyridine rings is 1. The van der Waals surface area contributed by atoms with Gasteiger partial charge in [-0.3, -0.25) is 9.36 Å². The molecule has 2 aliphatic rings. The van der Waals surface area contributed by atoms with Gasteiger partial charge in [0.15, 0.2) is 0 Å². The predicted octanol–water partition coefficient (Wildman–Crippen LogP) is 4.38. The fourth-order valence-corrected chi connectivity index (χ4v) is 6.83. The minimum Gasteiger partial charge on any atom is -0.310 e. The van der Waals surface area contributed by atoms with E-state index in [1.807, 2.05) is 22.8 Å². The summed E-state index contributed by atoms with van der Waals surface area (Å²) in [7, 11) is 0. The van der Waals surface area contributed by atoms with E-state index in [-0.39, 0.29) is 12.3 Å². The molecule has 0 unspecified atom stereocenters. The molecule has 0 fully saturated rings. The molecular weight excluding hydrogens is 427 g/mol. The molecule has 0 spiro atoms. The third-order valence-electron chi connectivity index (χ3n) is 8.12. The van der Waals surface area contributed by atoms with Gasteiger partial charge in [0.25, 0.3) is 12.3 Å². The fourth-order valence-electron chi connectivity index (χ4n) is 6.83. The Hall–Kier alpha value is -4.57. The van der Waals surface area contributed by atoms with Gasteiger partial charge in [0.1, 0.15) is 0 Å². The van der Waals surface area contributed by atoms with E-state index in [1.54, 1.807) is 0 Å². The average Bonchev–Trinajstić information content (AvgIpc) is 3.26. The van der Waals surface area contributed by atoms with Crippen LogP contribution in [0.15, 0.2) is 108 Å². The zero-order chi connectivity index (χ0) is 22.8. The van der Waals surface area contributed by atoms with Crippen LogP contribution in [-0.4, -0.2) is 15.8 Å². The Kier molecular flexibility index (Phi) is 3.02. The van der Waals surface area contributed by atoms with Crippen molar-refractivity contribution in [2.24, 2.45) is 0 Å². The summed E-state index contributed by atoms with van der Waals surface area (Å²) in [5.41, 5.74) is 9.45. The smallest absolute Gasteiger partial charge is 0.263 e. The molecule has 0 aliphatic carbocycles. The van der Waals surface area contributed by atoms with Crippen LogP contribution in [0.2, 0.25) is 0 Å². The van der Waals surface area contributed by atoms with Crippen LogP contribution in [0.25, 0.3) is 54.9 Å². The van der Waals surface area contributed by atoms with Crippen LogP contribution in [0.5, 0.6) is 0 Å². The minimum absolute atomic E-state index is 0.0520. The maximum absolute atomic E-state index is 14.0. The molecule has 0 atom stereocenters. The van der Waals surface area contributed by atoms with E-state index in [0.29, 0.717) is 0 Å². The quantitative estimate of drug-likeness (QED) is 0.252. The van der Waals surface area contributed by atoms with Crippen molar-refractivity contribution in [2.45, 2.75) is 0 Å². The van der Waals surface area contributed by atoms with Crippen LogP contribution < -0.4 is 21.9 Å². The van der Waals surface area contributed by atoms with Crippen molar-refractivity contribution < 1.29 is 0 Å². The average molecular weight is 444 g/mol. The van der Waals surface area contributed by atoms with Crippen LogP contribution in [0.4, 0.5) is 0 Å². The maximum atomic E-state index is 14.0. The fraction of sp³-hybridized carbons (Fsp3) is 0. The van der Waals surface area contributed by atoms with Crippen LogP contribution >= 0.6 is 0 Å². The van der Waals surface area contributed by atoms with Crippen molar-refractivity contribution in [2.75, 3.05) is 0 Å². The van der Waals surface area contributed by atoms with Crippen molar-refractivity contribution in [3.8, 4) is 11.4 Å². The number of fused-ring (bicyclic) bond motifs is 10. The molecule has 7 aromatic rings. The summed E-state index contributed by atoms with van der Waals surface area (Å²) < 4.78 is 4.39. The topological polar surface area (TPSA) is 26.9 Å². The first-order valence-electron chi connectivity index (χ1n) is 12.0. The molecular formula is C31H17BN2O. The summed E-state index contributed by atoms with van der Waals surface area (Å²) in [6.07, 6.45) is 0. The third kappa shape index (κ3) is 1.92. The largest absolute Gasteiger partial charge is 0.310 e. The maximum Gasteiger partial charge on any atom is 0.263 e. The van der Waals surface area contributed by atoms with E-state index in [0.717, 1.165) is 27.4 Å². The molecule has 3 nitrogen and oxygen atoms in total. The monoisotopic (exact) mass is 444 g/mol. The Morgan fingerprint density at radius 3 is 2.09 bits per heavy atom. The van der Waals surface area contributed by atoms with Crippen LogP contribution in [0.1, 0.15) is 0 Å². The zero-order valence-corrected chi connectivity index (χ0v) is 18.7. The van der Waals surface area contributed by atoms with E-state index in [2.05, 4.69) is 89.5 Å². The van der Waals surface area contributed by atoms with Gasteiger partial charge in [-0.2, -0.15) is 0 Å². The van der Waals surface area contributed by atoms with Gasteiger partial charge in [0.2, 0.25) is 0 Å². The van der Waals surface area contributed by atoms with Crippen LogP contribution in [0, 0.1) is 0 Å². The number of para-hydroxylation sites is 3. The van der Waals surface area contributed by atoms with E-state index in [4.69, 9.17) is 0 Å². The molecule has 0 saturated carbocycles. The molecule has 0 saturated heterocycles. The van der Waals surface area contributed by atoms with E-state index < -0.39 is 0 Å². The minimum atomic E-state index is 0.0520. The first kappa shape index (κ1) is 17.9. The molecule has 35 heavy (non-hydrogen) atoms. The number of hydrogen-bond donors (Lipinski definition) is 0. The highest BCUT2D eigenvalue weighted by molar-refractivity contribution is 7.00. The summed E-state index contributed by atoms with van der Waals surface area (Å²) in [6, 6.07) is 36.3. The summed E-state index contributed by atoms with van der Waals surface area (Å²) >= 11 is 0. The summed E-state index contributed by atoms with van der Waals surface area (Å²) in [6.45, 7) is 0.0750. The van der Waals surface area contributed by atoms with Crippen LogP contribution in [-0.2, 0) is 0 Å². The van der Waals surface area contributed by atoms with Crippen molar-refractivity contribution in [1.29, 1.82) is 0 Å². The van der Waals surface area contributed by atoms with Gasteiger partial charge in [0, 0.05) is 32.9 Å². The number of rotatable bonds is 0. The number of benzene rings is 5. The number of hydrogen-bond acceptors (Lipinski definition) is 1. The van der Waals surface area contributed by atoms with E-state index in [9.17, 15) is 4.79 Å². The lowest BCUT2D eigenvalue weighted by Gasteiger charge is -2.34. The third-order valence-corrected chi connectivity index (χ3v) is 8.12. The van der Waals surface area contributed by atoms with Crippen molar-refractivity contribution in [3.63, 3.8) is 0 Å². The molecule has 0 radical (unpaired) electrons. The molecule has 160 valence electrons. The van der Waals surface area contributed by atoms with Gasteiger partial charge in [-0.05, 0) is 46.0 Å². The van der Waals surface area contributed by atoms with Gasteiger partial charge in [-0.25, -0.2) is 0 Å². The molecule has 2 aliphatic heterocycles. The molecule has 9 rings (SSSR count). The van der Waals surface area contributed by atoms with Gasteiger partial charge >= 0.3 is 0 Å². The molecule has 4 heterocycles. The highest BCUT2D eigenvalue weighted by Crippen LogP contribution is 2.36. The molecule has 4 heteroatoms. The van der Waals surface area contributed by atoms with Gasteiger partial charge in [-0.1, -0.05) is 78.9 Å². The van der Waals surface area contributed by atoms with E-state index in [1.165, 1.54) is 43.9 Å². The molecule has 2 aromatic heterocycles. The lowest BCUT2D eigenvalue weighted by molar-refractivity contribution is 1.06. The highest BCUT2D eigenvalue weighted by atomic mass is 16.1. The first-order chi connectivity index (χ1) is 17.3. The normalized spacial score (nSPS) is 13.2. The number of aromatic nitrogens is 2. The molecule has 0 amide bonds. The van der Waals surface area contributed by atoms with Gasteiger partial charge < -0.3 is 4.57 Å². The summed E-state index contributed by atoms with van der Waals surface area (Å²) in [5.74, 6) is 0. The second-order valence-corrected chi connectivity index (χ2v) is 9.67. The first-order valence-corrected chi connectivity index (χ1v) is 12.0. The second kappa shape index (κ2) is 5.91. The Bertz CT molecular complexity index is 2150.